The van der Waals surface area contributed by atoms with E-state index in [0.29, 0.717) is 0 Å². The van der Waals surface area contributed by atoms with Crippen LogP contribution in [0.25, 0.3) is 115 Å². The molecule has 0 fully saturated rings. The van der Waals surface area contributed by atoms with E-state index in [-0.39, 0.29) is 16.2 Å². The maximum atomic E-state index is 2.49. The molecule has 108 heavy (non-hydrogen) atoms. The monoisotopic (exact) mass is 1390 g/mol. The smallest absolute Gasteiger partial charge is 0.0542 e. The number of hydrogen-bond donors (Lipinski definition) is 0. The van der Waals surface area contributed by atoms with Crippen molar-refractivity contribution in [1.82, 2.24) is 13.7 Å². The normalized spacial score (nSPS) is 12.3. The van der Waals surface area contributed by atoms with Crippen molar-refractivity contribution < 1.29 is 0 Å². The summed E-state index contributed by atoms with van der Waals surface area (Å²) in [6.45, 7) is 20.9. The highest BCUT2D eigenvalue weighted by atomic mass is 15.2. The van der Waals surface area contributed by atoms with E-state index < -0.39 is 0 Å². The highest BCUT2D eigenvalue weighted by molar-refractivity contribution is 6.16. The number of hydrogen-bond acceptors (Lipinski definition) is 3. The van der Waals surface area contributed by atoms with Crippen LogP contribution in [0.5, 0.6) is 0 Å². The van der Waals surface area contributed by atoms with Gasteiger partial charge in [-0.05, 0) is 213 Å². The van der Waals surface area contributed by atoms with Crippen molar-refractivity contribution >= 4 is 149 Å². The molecule has 0 atom stereocenters. The Balaban J connectivity index is 0.898. The molecular formula is C102H84N6. The van der Waals surface area contributed by atoms with E-state index in [2.05, 4.69) is 436 Å². The molecule has 0 aliphatic heterocycles. The molecule has 19 aromatic rings. The van der Waals surface area contributed by atoms with Crippen LogP contribution >= 0.6 is 0 Å². The standard InChI is InChI=1S/C102H84N6/c1-100(2,3)70-46-52-94-85(58-70)88-64-76(49-55-97(88)106(94)91-43-25-31-67-28-19-22-40-82(67)91)103(73-34-13-10-14-35-73)79-61-80(104(74-36-15-11-16-37-74)77-50-56-98-89(65-77)86-59-71(101(4,5)6)47-53-95(86)107(98)92-44-26-32-68-29-20-23-41-83(68)92)63-81(62-79)105(75-38-17-12-18-39-75)78-51-57-99-90(66-78)87-60-72(102(7,8)9)48-54-96(87)108(99)93-45-27-33-69-30-21-24-42-84(69)93/h10-66H,1-9H3. The van der Waals surface area contributed by atoms with Gasteiger partial charge in [0.25, 0.3) is 0 Å². The fourth-order valence-electron chi connectivity index (χ4n) is 16.9. The predicted octanol–water partition coefficient (Wildman–Crippen LogP) is 28.7. The van der Waals surface area contributed by atoms with Gasteiger partial charge in [-0.25, -0.2) is 0 Å². The van der Waals surface area contributed by atoms with Crippen LogP contribution in [0.3, 0.4) is 0 Å². The summed E-state index contributed by atoms with van der Waals surface area (Å²) >= 11 is 0. The van der Waals surface area contributed by atoms with E-state index in [4.69, 9.17) is 0 Å². The summed E-state index contributed by atoms with van der Waals surface area (Å²) in [5.74, 6) is 0. The van der Waals surface area contributed by atoms with Crippen molar-refractivity contribution in [2.75, 3.05) is 14.7 Å². The van der Waals surface area contributed by atoms with Crippen molar-refractivity contribution in [1.29, 1.82) is 0 Å². The molecule has 522 valence electrons. The van der Waals surface area contributed by atoms with Gasteiger partial charge in [-0.3, -0.25) is 0 Å². The Bertz CT molecular complexity index is 6080. The third kappa shape index (κ3) is 11.2. The quantitative estimate of drug-likeness (QED) is 0.122. The molecule has 0 saturated carbocycles. The van der Waals surface area contributed by atoms with Crippen molar-refractivity contribution in [2.45, 2.75) is 78.6 Å². The maximum Gasteiger partial charge on any atom is 0.0542 e. The summed E-state index contributed by atoms with van der Waals surface area (Å²) in [6.07, 6.45) is 0. The van der Waals surface area contributed by atoms with E-state index in [1.54, 1.807) is 0 Å². The third-order valence-corrected chi connectivity index (χ3v) is 22.3. The van der Waals surface area contributed by atoms with Crippen molar-refractivity contribution in [3.05, 3.63) is 362 Å². The molecule has 0 unspecified atom stereocenters. The van der Waals surface area contributed by atoms with E-state index in [1.807, 2.05) is 0 Å². The van der Waals surface area contributed by atoms with Crippen LogP contribution in [0.1, 0.15) is 79.0 Å². The Kier molecular flexibility index (Phi) is 15.5. The van der Waals surface area contributed by atoms with Gasteiger partial charge in [0, 0.05) is 82.6 Å². The topological polar surface area (TPSA) is 24.5 Å². The van der Waals surface area contributed by atoms with Gasteiger partial charge >= 0.3 is 0 Å². The van der Waals surface area contributed by atoms with E-state index >= 15 is 0 Å². The minimum atomic E-state index is -0.0939. The fraction of sp³-hybridized carbons (Fsp3) is 0.118. The molecule has 0 amide bonds. The largest absolute Gasteiger partial charge is 0.310 e. The molecule has 6 nitrogen and oxygen atoms in total. The first-order valence-corrected chi connectivity index (χ1v) is 37.9. The lowest BCUT2D eigenvalue weighted by Gasteiger charge is -2.33. The third-order valence-electron chi connectivity index (χ3n) is 22.3. The Hall–Kier alpha value is -12.9. The minimum Gasteiger partial charge on any atom is -0.310 e. The molecule has 16 aromatic carbocycles. The van der Waals surface area contributed by atoms with Crippen LogP contribution in [-0.2, 0) is 16.2 Å². The van der Waals surface area contributed by atoms with Crippen LogP contribution in [-0.4, -0.2) is 13.7 Å². The summed E-state index contributed by atoms with van der Waals surface area (Å²) in [4.78, 5) is 7.45. The van der Waals surface area contributed by atoms with Gasteiger partial charge < -0.3 is 28.4 Å². The van der Waals surface area contributed by atoms with Crippen LogP contribution in [0, 0.1) is 0 Å². The summed E-state index contributed by atoms with van der Waals surface area (Å²) in [6, 6.07) is 130. The van der Waals surface area contributed by atoms with Crippen molar-refractivity contribution in [3.63, 3.8) is 0 Å². The zero-order valence-electron chi connectivity index (χ0n) is 62.6. The van der Waals surface area contributed by atoms with Crippen LogP contribution in [0.15, 0.2) is 346 Å². The van der Waals surface area contributed by atoms with E-state index in [9.17, 15) is 0 Å². The number of rotatable bonds is 12. The molecule has 0 spiro atoms. The highest BCUT2D eigenvalue weighted by Crippen LogP contribution is 2.51. The van der Waals surface area contributed by atoms with Crippen LogP contribution in [0.2, 0.25) is 0 Å². The van der Waals surface area contributed by atoms with Crippen LogP contribution in [0.4, 0.5) is 51.2 Å². The number of nitrogens with zero attached hydrogens (tertiary/aromatic N) is 6. The zero-order chi connectivity index (χ0) is 73.3. The molecule has 0 bridgehead atoms. The van der Waals surface area contributed by atoms with Gasteiger partial charge in [0.1, 0.15) is 0 Å². The first-order valence-electron chi connectivity index (χ1n) is 37.9. The molecule has 0 radical (unpaired) electrons. The molecular weight excluding hydrogens is 1310 g/mol. The van der Waals surface area contributed by atoms with Gasteiger partial charge in [-0.1, -0.05) is 244 Å². The first kappa shape index (κ1) is 65.8. The van der Waals surface area contributed by atoms with E-state index in [1.165, 1.54) is 81.3 Å². The Morgan fingerprint density at radius 3 is 0.676 bits per heavy atom. The summed E-state index contributed by atoms with van der Waals surface area (Å²) in [7, 11) is 0. The average molecular weight is 1390 g/mol. The number of benzene rings is 16. The summed E-state index contributed by atoms with van der Waals surface area (Å²) in [5.41, 5.74) is 23.1. The van der Waals surface area contributed by atoms with Gasteiger partial charge in [0.15, 0.2) is 0 Å². The lowest BCUT2D eigenvalue weighted by Crippen LogP contribution is -2.16. The highest BCUT2D eigenvalue weighted by Gasteiger charge is 2.29. The average Bonchev–Trinajstić information content (AvgIpc) is 1.58. The molecule has 0 aliphatic rings. The maximum absolute atomic E-state index is 2.49. The number of anilines is 9. The molecule has 19 rings (SSSR count). The summed E-state index contributed by atoms with van der Waals surface area (Å²) < 4.78 is 7.47. The van der Waals surface area contributed by atoms with E-state index in [0.717, 1.165) is 101 Å². The second-order valence-corrected chi connectivity index (χ2v) is 32.3. The molecule has 0 saturated heterocycles. The van der Waals surface area contributed by atoms with Crippen molar-refractivity contribution in [2.24, 2.45) is 0 Å². The second-order valence-electron chi connectivity index (χ2n) is 32.3. The molecule has 3 aromatic heterocycles. The number of fused-ring (bicyclic) bond motifs is 12. The second kappa shape index (κ2) is 25.4. The Labute approximate surface area is 631 Å². The van der Waals surface area contributed by atoms with Gasteiger partial charge in [0.05, 0.1) is 67.2 Å². The van der Waals surface area contributed by atoms with Crippen LogP contribution < -0.4 is 14.7 Å². The molecule has 0 N–H and O–H groups in total. The number of aromatic nitrogens is 3. The lowest BCUT2D eigenvalue weighted by molar-refractivity contribution is 0.591. The van der Waals surface area contributed by atoms with Gasteiger partial charge in [-0.15, -0.1) is 0 Å². The Morgan fingerprint density at radius 2 is 0.407 bits per heavy atom. The lowest BCUT2D eigenvalue weighted by atomic mass is 9.86. The molecule has 3 heterocycles. The Morgan fingerprint density at radius 1 is 0.176 bits per heavy atom. The number of para-hydroxylation sites is 3. The zero-order valence-corrected chi connectivity index (χ0v) is 62.6. The van der Waals surface area contributed by atoms with Gasteiger partial charge in [-0.2, -0.15) is 0 Å². The van der Waals surface area contributed by atoms with Gasteiger partial charge in [0.2, 0.25) is 0 Å². The fourth-order valence-corrected chi connectivity index (χ4v) is 16.9. The molecule has 6 heteroatoms. The van der Waals surface area contributed by atoms with Crippen molar-refractivity contribution in [3.8, 4) is 17.1 Å². The predicted molar refractivity (Wildman–Crippen MR) is 462 cm³/mol. The first-order chi connectivity index (χ1) is 52.5. The SMILES string of the molecule is CC(C)(C)c1ccc2c(c1)c1cc(N(c3ccccc3)c3cc(N(c4ccccc4)c4ccc5c(c4)c4cc(C(C)(C)C)ccc4n5-c4cccc5ccccc45)cc(N(c4ccccc4)c4ccc5c(c4)c4cc(C(C)(C)C)ccc4n5-c4cccc5ccccc45)c3)ccc1n2-c1cccc2ccccc12. The molecule has 0 aliphatic carbocycles. The summed E-state index contributed by atoms with van der Waals surface area (Å²) in [5, 5.41) is 14.4. The minimum absolute atomic E-state index is 0.0939.